The van der Waals surface area contributed by atoms with Gasteiger partial charge in [-0.25, -0.2) is 4.98 Å². The summed E-state index contributed by atoms with van der Waals surface area (Å²) in [5.74, 6) is 0. The fourth-order valence-corrected chi connectivity index (χ4v) is 3.81. The lowest BCUT2D eigenvalue weighted by Gasteiger charge is -2.11. The van der Waals surface area contributed by atoms with Gasteiger partial charge in [0.05, 0.1) is 19.8 Å². The van der Waals surface area contributed by atoms with E-state index in [0.717, 1.165) is 22.6 Å². The van der Waals surface area contributed by atoms with Crippen LogP contribution in [0.2, 0.25) is 0 Å². The quantitative estimate of drug-likeness (QED) is 0.508. The third-order valence-electron chi connectivity index (χ3n) is 4.29. The van der Waals surface area contributed by atoms with E-state index in [1.165, 1.54) is 27.3 Å². The predicted octanol–water partition coefficient (Wildman–Crippen LogP) is 5.65. The smallest absolute Gasteiger partial charge is 0.0883 e. The van der Waals surface area contributed by atoms with Crippen LogP contribution >= 0.6 is 8.81 Å². The van der Waals surface area contributed by atoms with Crippen molar-refractivity contribution in [2.24, 2.45) is 0 Å². The van der Waals surface area contributed by atoms with Crippen molar-refractivity contribution in [3.8, 4) is 0 Å². The summed E-state index contributed by atoms with van der Waals surface area (Å²) >= 11 is 0. The molecule has 0 radical (unpaired) electrons. The van der Waals surface area contributed by atoms with Crippen molar-refractivity contribution < 1.29 is 4.52 Å². The molecule has 0 bridgehead atoms. The van der Waals surface area contributed by atoms with Gasteiger partial charge in [0.15, 0.2) is 0 Å². The van der Waals surface area contributed by atoms with E-state index in [-0.39, 0.29) is 0 Å². The molecule has 0 amide bonds. The molecule has 0 saturated carbocycles. The molecule has 3 aromatic rings. The number of hydrogen-bond donors (Lipinski definition) is 0. The van der Waals surface area contributed by atoms with E-state index >= 15 is 0 Å². The Balaban J connectivity index is 0.000000989. The Kier molecular flexibility index (Phi) is 11.4. The second-order valence-corrected chi connectivity index (χ2v) is 7.19. The maximum atomic E-state index is 5.55. The Hall–Kier alpha value is -2.02. The van der Waals surface area contributed by atoms with Crippen LogP contribution in [0.15, 0.2) is 42.5 Å². The zero-order chi connectivity index (χ0) is 21.8. The summed E-state index contributed by atoms with van der Waals surface area (Å²) in [7, 11) is 0.298. The average molecular weight is 410 g/mol. The molecular weight excluding hydrogens is 373 g/mol. The maximum absolute atomic E-state index is 5.55. The van der Waals surface area contributed by atoms with Crippen LogP contribution in [-0.4, -0.2) is 11.6 Å². The second kappa shape index (κ2) is 13.2. The molecular formula is C26H36NOP. The molecule has 0 aliphatic rings. The van der Waals surface area contributed by atoms with Crippen LogP contribution in [0.4, 0.5) is 0 Å². The van der Waals surface area contributed by atoms with Gasteiger partial charge in [0.25, 0.3) is 0 Å². The Morgan fingerprint density at radius 1 is 1.03 bits per heavy atom. The van der Waals surface area contributed by atoms with Crippen LogP contribution < -0.4 is 15.9 Å². The molecule has 1 aromatic heterocycles. The molecule has 29 heavy (non-hydrogen) atoms. The first-order valence-electron chi connectivity index (χ1n) is 10.6. The summed E-state index contributed by atoms with van der Waals surface area (Å²) in [4.78, 5) is 4.89. The normalized spacial score (nSPS) is 11.2. The van der Waals surface area contributed by atoms with Crippen molar-refractivity contribution in [1.82, 2.24) is 4.98 Å². The number of aryl methyl sites for hydroxylation is 1. The lowest BCUT2D eigenvalue weighted by atomic mass is 9.97. The lowest BCUT2D eigenvalue weighted by molar-refractivity contribution is 0.394. The van der Waals surface area contributed by atoms with E-state index in [4.69, 9.17) is 9.51 Å². The summed E-state index contributed by atoms with van der Waals surface area (Å²) in [6.07, 6.45) is 3.00. The van der Waals surface area contributed by atoms with Gasteiger partial charge in [-0.1, -0.05) is 76.2 Å². The van der Waals surface area contributed by atoms with Gasteiger partial charge in [-0.05, 0) is 54.5 Å². The highest BCUT2D eigenvalue weighted by Crippen LogP contribution is 2.22. The van der Waals surface area contributed by atoms with Gasteiger partial charge in [-0.3, -0.25) is 0 Å². The molecule has 3 heteroatoms. The van der Waals surface area contributed by atoms with Gasteiger partial charge >= 0.3 is 0 Å². The van der Waals surface area contributed by atoms with Crippen LogP contribution in [0.25, 0.3) is 23.6 Å². The van der Waals surface area contributed by atoms with Crippen molar-refractivity contribution >= 4 is 37.8 Å². The topological polar surface area (TPSA) is 22.1 Å². The van der Waals surface area contributed by atoms with Gasteiger partial charge in [-0.15, -0.1) is 0 Å². The molecule has 2 aromatic carbocycles. The van der Waals surface area contributed by atoms with Gasteiger partial charge in [-0.2, -0.15) is 0 Å². The van der Waals surface area contributed by atoms with E-state index in [1.54, 1.807) is 0 Å². The van der Waals surface area contributed by atoms with Crippen LogP contribution in [0.5, 0.6) is 0 Å². The van der Waals surface area contributed by atoms with Crippen molar-refractivity contribution in [2.45, 2.75) is 54.9 Å². The summed E-state index contributed by atoms with van der Waals surface area (Å²) in [6, 6.07) is 15.0. The van der Waals surface area contributed by atoms with Crippen LogP contribution in [0.3, 0.4) is 0 Å². The highest BCUT2D eigenvalue weighted by molar-refractivity contribution is 7.41. The van der Waals surface area contributed by atoms with E-state index in [2.05, 4.69) is 69.0 Å². The van der Waals surface area contributed by atoms with E-state index < -0.39 is 0 Å². The van der Waals surface area contributed by atoms with Crippen molar-refractivity contribution in [1.29, 1.82) is 0 Å². The molecule has 0 aliphatic heterocycles. The SMILES string of the molecule is C=c1cccc(Cc2cc(C)cc3ccc(POCC)nc23)/c1=C/C.CC.CC. The van der Waals surface area contributed by atoms with Crippen LogP contribution in [-0.2, 0) is 10.9 Å². The molecule has 0 saturated heterocycles. The van der Waals surface area contributed by atoms with E-state index in [9.17, 15) is 0 Å². The monoisotopic (exact) mass is 409 g/mol. The zero-order valence-electron chi connectivity index (χ0n) is 19.1. The van der Waals surface area contributed by atoms with Crippen LogP contribution in [0.1, 0.15) is 58.2 Å². The molecule has 0 spiro atoms. The Labute approximate surface area is 178 Å². The third-order valence-corrected chi connectivity index (χ3v) is 5.21. The Bertz CT molecular complexity index is 1010. The molecule has 0 N–H and O–H groups in total. The summed E-state index contributed by atoms with van der Waals surface area (Å²) in [5, 5.41) is 3.49. The zero-order valence-corrected chi connectivity index (χ0v) is 20.1. The molecule has 3 rings (SSSR count). The van der Waals surface area contributed by atoms with E-state index in [1.807, 2.05) is 34.6 Å². The van der Waals surface area contributed by atoms with Gasteiger partial charge in [0.2, 0.25) is 0 Å². The number of nitrogens with zero attached hydrogens (tertiary/aromatic N) is 1. The Morgan fingerprint density at radius 3 is 2.41 bits per heavy atom. The first kappa shape index (κ1) is 25.0. The minimum Gasteiger partial charge on any atom is -0.356 e. The first-order valence-corrected chi connectivity index (χ1v) is 11.5. The molecule has 1 atom stereocenters. The fraction of sp³-hybridized carbons (Fsp3) is 0.346. The largest absolute Gasteiger partial charge is 0.356 e. The van der Waals surface area contributed by atoms with Crippen LogP contribution in [0, 0.1) is 6.92 Å². The van der Waals surface area contributed by atoms with E-state index in [0.29, 0.717) is 15.4 Å². The maximum Gasteiger partial charge on any atom is 0.0883 e. The van der Waals surface area contributed by atoms with Crippen molar-refractivity contribution in [2.75, 3.05) is 6.61 Å². The van der Waals surface area contributed by atoms with Gasteiger partial charge in [0, 0.05) is 18.4 Å². The number of rotatable bonds is 5. The molecule has 156 valence electrons. The summed E-state index contributed by atoms with van der Waals surface area (Å²) in [6.45, 7) is 19.1. The standard InChI is InChI=1S/C22H24NOP.2C2H6/c1-5-20-16(4)8-7-9-17(20)14-19-13-15(3)12-18-10-11-21(23-22(18)19)25-24-6-2;2*1-2/h5,7-13,25H,4,6,14H2,1-3H3;2*1-2H3/b20-5+;;. The second-order valence-electron chi connectivity index (χ2n) is 6.18. The number of benzene rings is 2. The average Bonchev–Trinajstić information content (AvgIpc) is 2.75. The first-order chi connectivity index (χ1) is 14.1. The number of aromatic nitrogens is 1. The molecule has 2 nitrogen and oxygen atoms in total. The highest BCUT2D eigenvalue weighted by atomic mass is 31.1. The molecule has 0 aliphatic carbocycles. The lowest BCUT2D eigenvalue weighted by Crippen LogP contribution is -2.26. The minimum absolute atomic E-state index is 0.298. The highest BCUT2D eigenvalue weighted by Gasteiger charge is 2.08. The molecule has 1 unspecified atom stereocenters. The van der Waals surface area contributed by atoms with Crippen molar-refractivity contribution in [3.05, 3.63) is 69.6 Å². The molecule has 1 heterocycles. The van der Waals surface area contributed by atoms with Gasteiger partial charge < -0.3 is 4.52 Å². The molecule has 0 fully saturated rings. The van der Waals surface area contributed by atoms with Crippen molar-refractivity contribution in [3.63, 3.8) is 0 Å². The number of pyridine rings is 1. The summed E-state index contributed by atoms with van der Waals surface area (Å²) in [5.41, 5.74) is 5.89. The summed E-state index contributed by atoms with van der Waals surface area (Å²) < 4.78 is 5.55. The number of hydrogen-bond acceptors (Lipinski definition) is 2. The fourth-order valence-electron chi connectivity index (χ4n) is 3.21. The van der Waals surface area contributed by atoms with Gasteiger partial charge in [0.1, 0.15) is 0 Å². The third kappa shape index (κ3) is 6.77. The Morgan fingerprint density at radius 2 is 1.76 bits per heavy atom. The minimum atomic E-state index is 0.298. The number of fused-ring (bicyclic) bond motifs is 1. The predicted molar refractivity (Wildman–Crippen MR) is 133 cm³/mol.